The second-order valence-corrected chi connectivity index (χ2v) is 6.89. The Labute approximate surface area is 119 Å². The van der Waals surface area contributed by atoms with E-state index in [1.807, 2.05) is 20.8 Å². The third-order valence-corrected chi connectivity index (χ3v) is 4.04. The summed E-state index contributed by atoms with van der Waals surface area (Å²) in [4.78, 5) is 14.4. The van der Waals surface area contributed by atoms with Crippen LogP contribution in [0, 0.1) is 0 Å². The summed E-state index contributed by atoms with van der Waals surface area (Å²) in [6, 6.07) is 2.11. The van der Waals surface area contributed by atoms with Gasteiger partial charge in [0.2, 0.25) is 0 Å². The van der Waals surface area contributed by atoms with Crippen LogP contribution in [0.15, 0.2) is 16.8 Å². The quantitative estimate of drug-likeness (QED) is 0.794. The number of nitrogens with zero attached hydrogens (tertiary/aromatic N) is 1. The zero-order valence-corrected chi connectivity index (χ0v) is 12.8. The molecule has 19 heavy (non-hydrogen) atoms. The molecule has 0 unspecified atom stereocenters. The highest BCUT2D eigenvalue weighted by Gasteiger charge is 2.33. The smallest absolute Gasteiger partial charge is 0.323 e. The van der Waals surface area contributed by atoms with E-state index in [2.05, 4.69) is 21.7 Å². The van der Waals surface area contributed by atoms with Gasteiger partial charge in [-0.3, -0.25) is 9.69 Å². The molecule has 0 bridgehead atoms. The van der Waals surface area contributed by atoms with Crippen LogP contribution in [0.5, 0.6) is 0 Å². The van der Waals surface area contributed by atoms with Crippen LogP contribution in [0.1, 0.15) is 39.2 Å². The molecule has 0 spiro atoms. The van der Waals surface area contributed by atoms with E-state index in [4.69, 9.17) is 4.74 Å². The van der Waals surface area contributed by atoms with Gasteiger partial charge >= 0.3 is 5.97 Å². The molecule has 0 amide bonds. The molecule has 1 aromatic heterocycles. The fourth-order valence-corrected chi connectivity index (χ4v) is 3.14. The molecule has 4 heteroatoms. The molecule has 2 heterocycles. The average molecular weight is 281 g/mol. The van der Waals surface area contributed by atoms with E-state index in [0.29, 0.717) is 0 Å². The van der Waals surface area contributed by atoms with Crippen LogP contribution < -0.4 is 0 Å². The standard InChI is InChI=1S/C15H23NO2S/c1-15(2,3)18-14(17)13-5-4-8-16(13)9-6-12-7-10-19-11-12/h7,10-11,13H,4-6,8-9H2,1-3H3/t13-/m0/s1. The first-order valence-electron chi connectivity index (χ1n) is 6.94. The van der Waals surface area contributed by atoms with Crippen LogP contribution in [0.3, 0.4) is 0 Å². The van der Waals surface area contributed by atoms with E-state index >= 15 is 0 Å². The van der Waals surface area contributed by atoms with Crippen molar-refractivity contribution in [3.05, 3.63) is 22.4 Å². The Kier molecular flexibility index (Phi) is 4.63. The summed E-state index contributed by atoms with van der Waals surface area (Å²) in [6.07, 6.45) is 3.04. The van der Waals surface area contributed by atoms with Gasteiger partial charge in [0.25, 0.3) is 0 Å². The molecule has 0 radical (unpaired) electrons. The number of carbonyl (C=O) groups excluding carboxylic acids is 1. The molecule has 1 fully saturated rings. The van der Waals surface area contributed by atoms with E-state index in [1.165, 1.54) is 5.56 Å². The number of rotatable bonds is 4. The fraction of sp³-hybridized carbons (Fsp3) is 0.667. The zero-order valence-electron chi connectivity index (χ0n) is 12.0. The molecule has 1 aliphatic heterocycles. The molecule has 0 aromatic carbocycles. The highest BCUT2D eigenvalue weighted by atomic mass is 32.1. The molecule has 1 aromatic rings. The van der Waals surface area contributed by atoms with Crippen LogP contribution in [-0.4, -0.2) is 35.6 Å². The van der Waals surface area contributed by atoms with Crippen LogP contribution in [0.25, 0.3) is 0 Å². The zero-order chi connectivity index (χ0) is 13.9. The normalized spacial score (nSPS) is 20.7. The molecule has 0 N–H and O–H groups in total. The van der Waals surface area contributed by atoms with Gasteiger partial charge < -0.3 is 4.74 Å². The molecule has 3 nitrogen and oxygen atoms in total. The van der Waals surface area contributed by atoms with Crippen molar-refractivity contribution >= 4 is 17.3 Å². The van der Waals surface area contributed by atoms with Crippen molar-refractivity contribution in [1.29, 1.82) is 0 Å². The van der Waals surface area contributed by atoms with Gasteiger partial charge in [-0.05, 0) is 69.0 Å². The number of thiophene rings is 1. The van der Waals surface area contributed by atoms with Gasteiger partial charge in [-0.2, -0.15) is 11.3 Å². The molecular formula is C15H23NO2S. The summed E-state index contributed by atoms with van der Waals surface area (Å²) in [5.74, 6) is -0.0599. The van der Waals surface area contributed by atoms with Crippen molar-refractivity contribution < 1.29 is 9.53 Å². The molecule has 1 saturated heterocycles. The SMILES string of the molecule is CC(C)(C)OC(=O)[C@@H]1CCCN1CCc1ccsc1. The lowest BCUT2D eigenvalue weighted by molar-refractivity contribution is -0.160. The first-order chi connectivity index (χ1) is 8.96. The van der Waals surface area contributed by atoms with Gasteiger partial charge in [-0.25, -0.2) is 0 Å². The molecule has 0 saturated carbocycles. The maximum absolute atomic E-state index is 12.2. The molecule has 106 valence electrons. The van der Waals surface area contributed by atoms with Crippen molar-refractivity contribution in [3.8, 4) is 0 Å². The van der Waals surface area contributed by atoms with Crippen molar-refractivity contribution in [1.82, 2.24) is 4.90 Å². The highest BCUT2D eigenvalue weighted by Crippen LogP contribution is 2.21. The summed E-state index contributed by atoms with van der Waals surface area (Å²) in [7, 11) is 0. The molecule has 1 aliphatic rings. The summed E-state index contributed by atoms with van der Waals surface area (Å²) >= 11 is 1.73. The maximum atomic E-state index is 12.2. The van der Waals surface area contributed by atoms with E-state index in [9.17, 15) is 4.79 Å². The van der Waals surface area contributed by atoms with Crippen LogP contribution in [0.2, 0.25) is 0 Å². The fourth-order valence-electron chi connectivity index (χ4n) is 2.44. The largest absolute Gasteiger partial charge is 0.459 e. The molecule has 1 atom stereocenters. The lowest BCUT2D eigenvalue weighted by Gasteiger charge is -2.27. The predicted molar refractivity (Wildman–Crippen MR) is 78.5 cm³/mol. The third-order valence-electron chi connectivity index (χ3n) is 3.31. The van der Waals surface area contributed by atoms with E-state index in [0.717, 1.165) is 32.4 Å². The summed E-state index contributed by atoms with van der Waals surface area (Å²) < 4.78 is 5.51. The summed E-state index contributed by atoms with van der Waals surface area (Å²) in [5.41, 5.74) is 0.971. The molecule has 2 rings (SSSR count). The molecule has 0 aliphatic carbocycles. The van der Waals surface area contributed by atoms with Crippen LogP contribution >= 0.6 is 11.3 Å². The predicted octanol–water partition coefficient (Wildman–Crippen LogP) is 3.10. The van der Waals surface area contributed by atoms with Crippen molar-refractivity contribution in [2.75, 3.05) is 13.1 Å². The second-order valence-electron chi connectivity index (χ2n) is 6.11. The minimum atomic E-state index is -0.390. The van der Waals surface area contributed by atoms with Crippen molar-refractivity contribution in [2.45, 2.75) is 51.7 Å². The Hall–Kier alpha value is -0.870. The Morgan fingerprint density at radius 2 is 2.32 bits per heavy atom. The number of ether oxygens (including phenoxy) is 1. The van der Waals surface area contributed by atoms with Crippen LogP contribution in [0.4, 0.5) is 0 Å². The number of carbonyl (C=O) groups is 1. The number of likely N-dealkylation sites (tertiary alicyclic amines) is 1. The Balaban J connectivity index is 1.87. The third kappa shape index (κ3) is 4.32. The lowest BCUT2D eigenvalue weighted by Crippen LogP contribution is -2.41. The second kappa shape index (κ2) is 6.06. The topological polar surface area (TPSA) is 29.5 Å². The van der Waals surface area contributed by atoms with Crippen molar-refractivity contribution in [2.24, 2.45) is 0 Å². The summed E-state index contributed by atoms with van der Waals surface area (Å²) in [5, 5.41) is 4.28. The Bertz CT molecular complexity index is 408. The van der Waals surface area contributed by atoms with Gasteiger partial charge in [0.1, 0.15) is 11.6 Å². The van der Waals surface area contributed by atoms with Gasteiger partial charge in [-0.1, -0.05) is 0 Å². The van der Waals surface area contributed by atoms with E-state index in [1.54, 1.807) is 11.3 Å². The van der Waals surface area contributed by atoms with Gasteiger partial charge in [0.05, 0.1) is 0 Å². The Morgan fingerprint density at radius 1 is 1.53 bits per heavy atom. The van der Waals surface area contributed by atoms with Gasteiger partial charge in [0, 0.05) is 6.54 Å². The lowest BCUT2D eigenvalue weighted by atomic mass is 10.1. The minimum absolute atomic E-state index is 0.0436. The highest BCUT2D eigenvalue weighted by molar-refractivity contribution is 7.07. The Morgan fingerprint density at radius 3 is 2.95 bits per heavy atom. The molecular weight excluding hydrogens is 258 g/mol. The summed E-state index contributed by atoms with van der Waals surface area (Å²) in [6.45, 7) is 7.73. The number of hydrogen-bond acceptors (Lipinski definition) is 4. The first-order valence-corrected chi connectivity index (χ1v) is 7.88. The van der Waals surface area contributed by atoms with Crippen molar-refractivity contribution in [3.63, 3.8) is 0 Å². The average Bonchev–Trinajstić information content (AvgIpc) is 2.95. The number of esters is 1. The van der Waals surface area contributed by atoms with E-state index < -0.39 is 5.60 Å². The first kappa shape index (κ1) is 14.5. The van der Waals surface area contributed by atoms with E-state index in [-0.39, 0.29) is 12.0 Å². The number of hydrogen-bond donors (Lipinski definition) is 0. The van der Waals surface area contributed by atoms with Gasteiger partial charge in [0.15, 0.2) is 0 Å². The van der Waals surface area contributed by atoms with Crippen LogP contribution in [-0.2, 0) is 16.0 Å². The maximum Gasteiger partial charge on any atom is 0.323 e. The monoisotopic (exact) mass is 281 g/mol. The minimum Gasteiger partial charge on any atom is -0.459 e. The van der Waals surface area contributed by atoms with Gasteiger partial charge in [-0.15, -0.1) is 0 Å².